The molecule has 5 rings (SSSR count). The molecule has 0 unspecified atom stereocenters. The van der Waals surface area contributed by atoms with E-state index in [1.807, 2.05) is 91.0 Å². The Balaban J connectivity index is 1.47. The molecule has 3 aromatic rings. The number of hydrogen-bond acceptors (Lipinski definition) is 8. The van der Waals surface area contributed by atoms with E-state index >= 15 is 0 Å². The number of carbonyl (C=O) groups is 7. The first-order chi connectivity index (χ1) is 29.9. The number of guanidine groups is 1. The summed E-state index contributed by atoms with van der Waals surface area (Å²) in [7, 11) is 0. The van der Waals surface area contributed by atoms with E-state index in [0.717, 1.165) is 16.7 Å². The zero-order valence-corrected chi connectivity index (χ0v) is 35.2. The van der Waals surface area contributed by atoms with Crippen molar-refractivity contribution in [1.82, 2.24) is 31.5 Å². The number of hydrogen-bond donors (Lipinski definition) is 7. The normalized spacial score (nSPS) is 22.1. The van der Waals surface area contributed by atoms with E-state index in [0.29, 0.717) is 19.3 Å². The van der Waals surface area contributed by atoms with Gasteiger partial charge >= 0.3 is 0 Å². The third kappa shape index (κ3) is 14.3. The molecular formula is C46H59N9O7. The van der Waals surface area contributed by atoms with E-state index in [9.17, 15) is 33.6 Å². The van der Waals surface area contributed by atoms with Gasteiger partial charge in [-0.05, 0) is 61.6 Å². The van der Waals surface area contributed by atoms with Gasteiger partial charge in [-0.15, -0.1) is 0 Å². The predicted octanol–water partition coefficient (Wildman–Crippen LogP) is 1.20. The minimum absolute atomic E-state index is 0.0834. The molecule has 0 aliphatic carbocycles. The van der Waals surface area contributed by atoms with Crippen LogP contribution >= 0.6 is 0 Å². The van der Waals surface area contributed by atoms with Crippen molar-refractivity contribution in [2.75, 3.05) is 19.6 Å². The van der Waals surface area contributed by atoms with Crippen LogP contribution in [0.5, 0.6) is 0 Å². The number of rotatable bonds is 13. The van der Waals surface area contributed by atoms with Gasteiger partial charge in [-0.1, -0.05) is 91.0 Å². The van der Waals surface area contributed by atoms with Gasteiger partial charge in [-0.2, -0.15) is 0 Å². The van der Waals surface area contributed by atoms with Crippen LogP contribution in [0.25, 0.3) is 0 Å². The standard InChI is InChI=1S/C46H59N9O7/c1-30(56)51-37(27-32-16-7-3-8-17-32)42(59)52-35-21-12-23-49-41(58)34(20-11-24-50-46(47)48)29-40(57)36(26-31-14-5-2-6-15-31)53-43(60)38(28-33-18-9-4-10-19-33)54-44(61)39-22-13-25-55(39)45(35)62/h2-10,14-19,34-39H,11-13,20-29H2,1H3,(H,49,58)(H,51,56)(H,52,59)(H,53,60)(H,54,61)(H4,47,48,50)/t34-,35+,36+,37+,38-,39+/m1/s1. The lowest BCUT2D eigenvalue weighted by Gasteiger charge is -2.31. The van der Waals surface area contributed by atoms with E-state index in [4.69, 9.17) is 11.5 Å². The number of aliphatic imine (C=N–C) groups is 1. The summed E-state index contributed by atoms with van der Waals surface area (Å²) in [6, 6.07) is 22.2. The van der Waals surface area contributed by atoms with Crippen LogP contribution in [0.1, 0.15) is 68.6 Å². The summed E-state index contributed by atoms with van der Waals surface area (Å²) in [5.41, 5.74) is 13.4. The molecule has 0 saturated carbocycles. The summed E-state index contributed by atoms with van der Waals surface area (Å²) >= 11 is 0. The third-order valence-corrected chi connectivity index (χ3v) is 11.1. The summed E-state index contributed by atoms with van der Waals surface area (Å²) in [5.74, 6) is -4.34. The first-order valence-electron chi connectivity index (χ1n) is 21.3. The van der Waals surface area contributed by atoms with E-state index in [-0.39, 0.29) is 76.3 Å². The minimum atomic E-state index is -1.14. The van der Waals surface area contributed by atoms with Gasteiger partial charge in [0.05, 0.1) is 6.04 Å². The number of nitrogens with two attached hydrogens (primary N) is 2. The highest BCUT2D eigenvalue weighted by atomic mass is 16.2. The molecular weight excluding hydrogens is 791 g/mol. The lowest BCUT2D eigenvalue weighted by atomic mass is 9.90. The molecule has 0 aromatic heterocycles. The van der Waals surface area contributed by atoms with Crippen LogP contribution in [0.15, 0.2) is 96.0 Å². The van der Waals surface area contributed by atoms with Gasteiger partial charge in [0, 0.05) is 51.7 Å². The molecule has 16 heteroatoms. The highest BCUT2D eigenvalue weighted by Gasteiger charge is 2.40. The summed E-state index contributed by atoms with van der Waals surface area (Å²) in [6.45, 7) is 1.87. The first-order valence-corrected chi connectivity index (χ1v) is 21.3. The van der Waals surface area contributed by atoms with Gasteiger partial charge in [-0.25, -0.2) is 0 Å². The summed E-state index contributed by atoms with van der Waals surface area (Å²) in [4.78, 5) is 103. The average Bonchev–Trinajstić information content (AvgIpc) is 3.76. The highest BCUT2D eigenvalue weighted by Crippen LogP contribution is 2.22. The summed E-state index contributed by atoms with van der Waals surface area (Å²) < 4.78 is 0. The second-order valence-electron chi connectivity index (χ2n) is 15.9. The molecule has 2 aliphatic heterocycles. The Bertz CT molecular complexity index is 2030. The number of carbonyl (C=O) groups excluding carboxylic acids is 7. The van der Waals surface area contributed by atoms with Crippen LogP contribution in [0.4, 0.5) is 0 Å². The van der Waals surface area contributed by atoms with Gasteiger partial charge in [0.25, 0.3) is 0 Å². The van der Waals surface area contributed by atoms with Gasteiger partial charge in [0.15, 0.2) is 11.7 Å². The summed E-state index contributed by atoms with van der Waals surface area (Å²) in [6.07, 6.45) is 1.98. The third-order valence-electron chi connectivity index (χ3n) is 11.1. The average molecular weight is 850 g/mol. The quantitative estimate of drug-likeness (QED) is 0.0741. The Morgan fingerprint density at radius 3 is 1.98 bits per heavy atom. The van der Waals surface area contributed by atoms with Crippen molar-refractivity contribution >= 4 is 47.2 Å². The van der Waals surface area contributed by atoms with Crippen LogP contribution in [0.2, 0.25) is 0 Å². The fourth-order valence-corrected chi connectivity index (χ4v) is 7.95. The second kappa shape index (κ2) is 23.4. The Labute approximate surface area is 362 Å². The Morgan fingerprint density at radius 2 is 1.37 bits per heavy atom. The second-order valence-corrected chi connectivity index (χ2v) is 15.9. The van der Waals surface area contributed by atoms with E-state index < -0.39 is 71.6 Å². The molecule has 9 N–H and O–H groups in total. The molecule has 2 heterocycles. The number of Topliss-reactive ketones (excluding diaryl/α,β-unsaturated/α-hetero) is 1. The number of ketones is 1. The number of fused-ring (bicyclic) bond motifs is 1. The molecule has 2 fully saturated rings. The van der Waals surface area contributed by atoms with E-state index in [1.54, 1.807) is 0 Å². The zero-order chi connectivity index (χ0) is 44.4. The van der Waals surface area contributed by atoms with Crippen molar-refractivity contribution in [1.29, 1.82) is 0 Å². The van der Waals surface area contributed by atoms with E-state index in [1.165, 1.54) is 11.8 Å². The molecule has 0 spiro atoms. The van der Waals surface area contributed by atoms with Crippen molar-refractivity contribution in [3.63, 3.8) is 0 Å². The predicted molar refractivity (Wildman–Crippen MR) is 234 cm³/mol. The molecule has 6 atom stereocenters. The number of amides is 6. The fraction of sp³-hybridized carbons (Fsp3) is 0.435. The van der Waals surface area contributed by atoms with Crippen molar-refractivity contribution in [2.24, 2.45) is 22.4 Å². The van der Waals surface area contributed by atoms with Crippen molar-refractivity contribution in [3.05, 3.63) is 108 Å². The first kappa shape index (κ1) is 46.5. The molecule has 0 radical (unpaired) electrons. The topological polar surface area (TPSA) is 247 Å². The SMILES string of the molecule is CC(=O)N[C@@H](Cc1ccccc1)C(=O)N[C@H]1CCCNC(=O)[C@H](CCCN=C(N)N)CC(=O)[C@H](Cc2ccccc2)NC(=O)[C@@H](Cc2ccccc2)NC(=O)[C@@H]2CCCN2C1=O. The lowest BCUT2D eigenvalue weighted by molar-refractivity contribution is -0.142. The molecule has 62 heavy (non-hydrogen) atoms. The fourth-order valence-electron chi connectivity index (χ4n) is 7.95. The van der Waals surface area contributed by atoms with Gasteiger partial charge < -0.3 is 43.0 Å². The van der Waals surface area contributed by atoms with Gasteiger partial charge in [0.1, 0.15) is 24.2 Å². The van der Waals surface area contributed by atoms with Gasteiger partial charge in [0.2, 0.25) is 35.4 Å². The van der Waals surface area contributed by atoms with Crippen molar-refractivity contribution in [2.45, 2.75) is 101 Å². The number of nitrogens with one attached hydrogen (secondary N) is 5. The van der Waals surface area contributed by atoms with E-state index in [2.05, 4.69) is 31.6 Å². The molecule has 16 nitrogen and oxygen atoms in total. The van der Waals surface area contributed by atoms with Gasteiger partial charge in [-0.3, -0.25) is 38.6 Å². The van der Waals surface area contributed by atoms with Crippen LogP contribution in [0.3, 0.4) is 0 Å². The van der Waals surface area contributed by atoms with Crippen molar-refractivity contribution in [3.8, 4) is 0 Å². The molecule has 2 aliphatic rings. The molecule has 6 amide bonds. The largest absolute Gasteiger partial charge is 0.370 e. The van der Waals surface area contributed by atoms with Crippen LogP contribution in [0, 0.1) is 5.92 Å². The maximum Gasteiger partial charge on any atom is 0.245 e. The highest BCUT2D eigenvalue weighted by molar-refractivity contribution is 5.97. The minimum Gasteiger partial charge on any atom is -0.370 e. The molecule has 330 valence electrons. The van der Waals surface area contributed by atoms with Crippen LogP contribution in [-0.4, -0.2) is 102 Å². The number of benzene rings is 3. The molecule has 2 saturated heterocycles. The zero-order valence-electron chi connectivity index (χ0n) is 35.2. The molecule has 3 aromatic carbocycles. The summed E-state index contributed by atoms with van der Waals surface area (Å²) in [5, 5.41) is 14.3. The maximum absolute atomic E-state index is 14.5. The Morgan fingerprint density at radius 1 is 0.774 bits per heavy atom. The maximum atomic E-state index is 14.5. The monoisotopic (exact) mass is 849 g/mol. The lowest BCUT2D eigenvalue weighted by Crippen LogP contribution is -2.59. The van der Waals surface area contributed by atoms with Crippen LogP contribution < -0.4 is 38.1 Å². The van der Waals surface area contributed by atoms with Crippen molar-refractivity contribution < 1.29 is 33.6 Å². The smallest absolute Gasteiger partial charge is 0.245 e. The molecule has 0 bridgehead atoms. The van der Waals surface area contributed by atoms with Crippen LogP contribution in [-0.2, 0) is 52.8 Å². The Hall–Kier alpha value is -6.58. The number of nitrogens with zero attached hydrogens (tertiary/aromatic N) is 2. The Kier molecular flexibility index (Phi) is 17.6.